The maximum absolute atomic E-state index is 12.1. The normalized spacial score (nSPS) is 16.5. The Morgan fingerprint density at radius 1 is 1.25 bits per heavy atom. The van der Waals surface area contributed by atoms with E-state index in [0.717, 1.165) is 6.42 Å². The first-order valence-electron chi connectivity index (χ1n) is 7.66. The number of urea groups is 1. The van der Waals surface area contributed by atoms with E-state index in [2.05, 4.69) is 10.6 Å². The number of amides is 3. The summed E-state index contributed by atoms with van der Waals surface area (Å²) < 4.78 is 22.8. The molecule has 1 fully saturated rings. The summed E-state index contributed by atoms with van der Waals surface area (Å²) in [5, 5.41) is 5.64. The summed E-state index contributed by atoms with van der Waals surface area (Å²) in [6.45, 7) is 2.84. The number of nitrogens with zero attached hydrogens (tertiary/aromatic N) is 1. The number of rotatable bonds is 4. The summed E-state index contributed by atoms with van der Waals surface area (Å²) in [4.78, 5) is 25.5. The van der Waals surface area contributed by atoms with E-state index in [1.54, 1.807) is 12.1 Å². The molecule has 132 valence electrons. The number of carbonyl (C=O) groups is 2. The van der Waals surface area contributed by atoms with Crippen LogP contribution in [-0.2, 0) is 9.84 Å². The van der Waals surface area contributed by atoms with Gasteiger partial charge in [-0.25, -0.2) is 13.2 Å². The van der Waals surface area contributed by atoms with Crippen molar-refractivity contribution in [2.24, 2.45) is 0 Å². The van der Waals surface area contributed by atoms with E-state index in [1.807, 2.05) is 6.92 Å². The highest BCUT2D eigenvalue weighted by Gasteiger charge is 2.25. The van der Waals surface area contributed by atoms with Crippen molar-refractivity contribution >= 4 is 39.1 Å². The molecule has 0 aliphatic carbocycles. The van der Waals surface area contributed by atoms with Gasteiger partial charge in [0.2, 0.25) is 0 Å². The van der Waals surface area contributed by atoms with E-state index in [1.165, 1.54) is 11.0 Å². The van der Waals surface area contributed by atoms with Gasteiger partial charge >= 0.3 is 6.03 Å². The predicted octanol–water partition coefficient (Wildman–Crippen LogP) is 1.74. The molecule has 3 amide bonds. The molecule has 0 bridgehead atoms. The molecular formula is C15H20ClN3O4S. The van der Waals surface area contributed by atoms with Crippen molar-refractivity contribution in [2.45, 2.75) is 13.3 Å². The molecule has 0 radical (unpaired) electrons. The summed E-state index contributed by atoms with van der Waals surface area (Å²) in [5.74, 6) is -0.323. The second-order valence-corrected chi connectivity index (χ2v) is 8.23. The Morgan fingerprint density at radius 2 is 1.92 bits per heavy atom. The first kappa shape index (κ1) is 18.5. The van der Waals surface area contributed by atoms with Crippen LogP contribution in [0.1, 0.15) is 23.7 Å². The lowest BCUT2D eigenvalue weighted by molar-refractivity contribution is 0.0954. The van der Waals surface area contributed by atoms with Gasteiger partial charge in [0.25, 0.3) is 5.91 Å². The molecule has 0 atom stereocenters. The zero-order valence-corrected chi connectivity index (χ0v) is 14.9. The van der Waals surface area contributed by atoms with Crippen LogP contribution < -0.4 is 10.6 Å². The van der Waals surface area contributed by atoms with Gasteiger partial charge < -0.3 is 15.5 Å². The fourth-order valence-corrected chi connectivity index (χ4v) is 3.70. The van der Waals surface area contributed by atoms with E-state index in [4.69, 9.17) is 11.6 Å². The molecule has 0 spiro atoms. The molecular weight excluding hydrogens is 354 g/mol. The first-order chi connectivity index (χ1) is 11.3. The molecule has 2 N–H and O–H groups in total. The zero-order chi connectivity index (χ0) is 17.7. The van der Waals surface area contributed by atoms with Gasteiger partial charge in [0.05, 0.1) is 22.1 Å². The third-order valence-corrected chi connectivity index (χ3v) is 5.55. The second kappa shape index (κ2) is 7.85. The second-order valence-electron chi connectivity index (χ2n) is 5.52. The molecule has 2 rings (SSSR count). The van der Waals surface area contributed by atoms with Crippen molar-refractivity contribution in [3.8, 4) is 0 Å². The third kappa shape index (κ3) is 4.85. The van der Waals surface area contributed by atoms with Crippen LogP contribution in [0.2, 0.25) is 5.02 Å². The molecule has 0 unspecified atom stereocenters. The number of nitrogens with one attached hydrogen (secondary N) is 2. The zero-order valence-electron chi connectivity index (χ0n) is 13.3. The highest BCUT2D eigenvalue weighted by Crippen LogP contribution is 2.21. The van der Waals surface area contributed by atoms with Gasteiger partial charge in [-0.3, -0.25) is 4.79 Å². The van der Waals surface area contributed by atoms with Crippen LogP contribution in [-0.4, -0.2) is 56.4 Å². The van der Waals surface area contributed by atoms with Crippen LogP contribution in [0.25, 0.3) is 0 Å². The number of sulfone groups is 1. The minimum atomic E-state index is -3.04. The van der Waals surface area contributed by atoms with Gasteiger partial charge in [-0.05, 0) is 24.6 Å². The summed E-state index contributed by atoms with van der Waals surface area (Å²) >= 11 is 6.10. The Hall–Kier alpha value is -1.80. The van der Waals surface area contributed by atoms with Crippen LogP contribution >= 0.6 is 11.6 Å². The van der Waals surface area contributed by atoms with Crippen LogP contribution in [0.3, 0.4) is 0 Å². The lowest BCUT2D eigenvalue weighted by Gasteiger charge is -2.26. The van der Waals surface area contributed by atoms with E-state index < -0.39 is 9.84 Å². The fourth-order valence-electron chi connectivity index (χ4n) is 2.23. The van der Waals surface area contributed by atoms with Gasteiger partial charge in [-0.1, -0.05) is 18.5 Å². The van der Waals surface area contributed by atoms with Crippen molar-refractivity contribution in [3.05, 3.63) is 28.8 Å². The average Bonchev–Trinajstić information content (AvgIpc) is 2.52. The minimum Gasteiger partial charge on any atom is -0.352 e. The standard InChI is InChI=1S/C15H20ClN3O4S/c1-2-5-17-14(20)12-4-3-11(10-13(12)16)18-15(21)19-6-8-24(22,23)9-7-19/h3-4,10H,2,5-9H2,1H3,(H,17,20)(H,18,21). The Bertz CT molecular complexity index is 722. The highest BCUT2D eigenvalue weighted by molar-refractivity contribution is 7.91. The fraction of sp³-hybridized carbons (Fsp3) is 0.467. The Morgan fingerprint density at radius 3 is 2.50 bits per heavy atom. The van der Waals surface area contributed by atoms with E-state index in [-0.39, 0.29) is 41.6 Å². The molecule has 1 heterocycles. The average molecular weight is 374 g/mol. The lowest BCUT2D eigenvalue weighted by Crippen LogP contribution is -2.45. The molecule has 1 saturated heterocycles. The van der Waals surface area contributed by atoms with Crippen LogP contribution in [0.15, 0.2) is 18.2 Å². The molecule has 1 aromatic rings. The smallest absolute Gasteiger partial charge is 0.321 e. The quantitative estimate of drug-likeness (QED) is 0.840. The topological polar surface area (TPSA) is 95.6 Å². The number of hydrogen-bond acceptors (Lipinski definition) is 4. The maximum atomic E-state index is 12.1. The summed E-state index contributed by atoms with van der Waals surface area (Å²) in [7, 11) is -3.04. The van der Waals surface area contributed by atoms with E-state index >= 15 is 0 Å². The number of halogens is 1. The highest BCUT2D eigenvalue weighted by atomic mass is 35.5. The van der Waals surface area contributed by atoms with Crippen molar-refractivity contribution in [2.75, 3.05) is 36.5 Å². The van der Waals surface area contributed by atoms with Gasteiger partial charge in [-0.15, -0.1) is 0 Å². The Balaban J connectivity index is 1.99. The van der Waals surface area contributed by atoms with E-state index in [9.17, 15) is 18.0 Å². The van der Waals surface area contributed by atoms with Gasteiger partial charge in [0.1, 0.15) is 0 Å². The number of hydrogen-bond donors (Lipinski definition) is 2. The van der Waals surface area contributed by atoms with E-state index in [0.29, 0.717) is 17.8 Å². The van der Waals surface area contributed by atoms with Gasteiger partial charge in [0.15, 0.2) is 9.84 Å². The largest absolute Gasteiger partial charge is 0.352 e. The number of benzene rings is 1. The molecule has 0 aromatic heterocycles. The lowest BCUT2D eigenvalue weighted by atomic mass is 10.2. The van der Waals surface area contributed by atoms with Crippen LogP contribution in [0.5, 0.6) is 0 Å². The maximum Gasteiger partial charge on any atom is 0.321 e. The molecule has 1 aliphatic heterocycles. The SMILES string of the molecule is CCCNC(=O)c1ccc(NC(=O)N2CCS(=O)(=O)CC2)cc1Cl. The molecule has 7 nitrogen and oxygen atoms in total. The predicted molar refractivity (Wildman–Crippen MR) is 93.3 cm³/mol. The van der Waals surface area contributed by atoms with Crippen molar-refractivity contribution < 1.29 is 18.0 Å². The third-order valence-electron chi connectivity index (χ3n) is 3.63. The molecule has 1 aromatic carbocycles. The monoisotopic (exact) mass is 373 g/mol. The summed E-state index contributed by atoms with van der Waals surface area (Å²) in [6.07, 6.45) is 0.822. The summed E-state index contributed by atoms with van der Waals surface area (Å²) in [6, 6.07) is 4.25. The number of carbonyl (C=O) groups excluding carboxylic acids is 2. The van der Waals surface area contributed by atoms with Gasteiger partial charge in [0, 0.05) is 25.3 Å². The number of anilines is 1. The Labute approximate surface area is 146 Å². The summed E-state index contributed by atoms with van der Waals surface area (Å²) in [5.41, 5.74) is 0.789. The molecule has 9 heteroatoms. The molecule has 24 heavy (non-hydrogen) atoms. The van der Waals surface area contributed by atoms with Crippen molar-refractivity contribution in [3.63, 3.8) is 0 Å². The van der Waals surface area contributed by atoms with Crippen LogP contribution in [0, 0.1) is 0 Å². The van der Waals surface area contributed by atoms with Crippen LogP contribution in [0.4, 0.5) is 10.5 Å². The van der Waals surface area contributed by atoms with Crippen molar-refractivity contribution in [1.29, 1.82) is 0 Å². The molecule has 0 saturated carbocycles. The first-order valence-corrected chi connectivity index (χ1v) is 9.86. The Kier molecular flexibility index (Phi) is 6.06. The van der Waals surface area contributed by atoms with Gasteiger partial charge in [-0.2, -0.15) is 0 Å². The van der Waals surface area contributed by atoms with Crippen molar-refractivity contribution in [1.82, 2.24) is 10.2 Å². The molecule has 1 aliphatic rings. The minimum absolute atomic E-state index is 0.0300.